The van der Waals surface area contributed by atoms with Gasteiger partial charge >= 0.3 is 0 Å². The van der Waals surface area contributed by atoms with Crippen molar-refractivity contribution in [2.75, 3.05) is 9.80 Å². The summed E-state index contributed by atoms with van der Waals surface area (Å²) in [5.74, 6) is 0. The Hall–Kier alpha value is -6.49. The quantitative estimate of drug-likeness (QED) is 0.135. The number of anilines is 6. The van der Waals surface area contributed by atoms with Gasteiger partial charge in [0.25, 0.3) is 0 Å². The van der Waals surface area contributed by atoms with Crippen LogP contribution in [0.2, 0.25) is 0 Å². The van der Waals surface area contributed by atoms with Gasteiger partial charge in [-0.15, -0.1) is 11.3 Å². The third-order valence-electron chi connectivity index (χ3n) is 8.68. The van der Waals surface area contributed by atoms with E-state index in [2.05, 4.69) is 198 Å². The summed E-state index contributed by atoms with van der Waals surface area (Å²) in [5.41, 5.74) is 11.2. The minimum Gasteiger partial charge on any atom is -0.311 e. The van der Waals surface area contributed by atoms with Gasteiger partial charge in [0, 0.05) is 34.1 Å². The number of thiazole rings is 1. The molecule has 0 atom stereocenters. The highest BCUT2D eigenvalue weighted by molar-refractivity contribution is 7.19. The van der Waals surface area contributed by atoms with Crippen LogP contribution in [0.3, 0.4) is 0 Å². The van der Waals surface area contributed by atoms with Crippen LogP contribution in [0.15, 0.2) is 188 Å². The molecule has 0 amide bonds. The van der Waals surface area contributed by atoms with E-state index in [1.807, 2.05) is 24.3 Å². The first-order valence-electron chi connectivity index (χ1n) is 17.0. The van der Waals surface area contributed by atoms with Gasteiger partial charge in [-0.1, -0.05) is 121 Å². The normalized spacial score (nSPS) is 11.4. The fraction of sp³-hybridized carbons (Fsp3) is 0. The second kappa shape index (κ2) is 15.0. The molecule has 0 saturated heterocycles. The van der Waals surface area contributed by atoms with Gasteiger partial charge < -0.3 is 9.80 Å². The Morgan fingerprint density at radius 2 is 0.706 bits per heavy atom. The highest BCUT2D eigenvalue weighted by atomic mass is 32.1. The molecule has 244 valence electrons. The second-order valence-electron chi connectivity index (χ2n) is 12.1. The van der Waals surface area contributed by atoms with Gasteiger partial charge in [0.15, 0.2) is 0 Å². The van der Waals surface area contributed by atoms with Crippen molar-refractivity contribution < 1.29 is 0 Å². The van der Waals surface area contributed by atoms with Crippen molar-refractivity contribution in [3.05, 3.63) is 210 Å². The summed E-state index contributed by atoms with van der Waals surface area (Å²) in [6, 6.07) is 65.8. The van der Waals surface area contributed by atoms with Crippen molar-refractivity contribution in [2.24, 2.45) is 0 Å². The van der Waals surface area contributed by atoms with Crippen LogP contribution in [-0.4, -0.2) is 4.98 Å². The molecule has 8 rings (SSSR count). The lowest BCUT2D eigenvalue weighted by molar-refractivity contribution is 1.28. The third kappa shape index (κ3) is 7.42. The first-order valence-corrected chi connectivity index (χ1v) is 17.9. The molecule has 51 heavy (non-hydrogen) atoms. The molecule has 8 aromatic rings. The zero-order chi connectivity index (χ0) is 34.2. The molecule has 0 aliphatic rings. The first-order chi connectivity index (χ1) is 25.3. The zero-order valence-corrected chi connectivity index (χ0v) is 28.8. The first kappa shape index (κ1) is 31.8. The summed E-state index contributed by atoms with van der Waals surface area (Å²) >= 11 is 1.71. The Balaban J connectivity index is 0.964. The van der Waals surface area contributed by atoms with E-state index >= 15 is 0 Å². The van der Waals surface area contributed by atoms with E-state index in [-0.39, 0.29) is 0 Å². The summed E-state index contributed by atoms with van der Waals surface area (Å²) in [6.07, 6.45) is 8.59. The number of aromatic nitrogens is 1. The van der Waals surface area contributed by atoms with Gasteiger partial charge in [-0.25, -0.2) is 4.98 Å². The Kier molecular flexibility index (Phi) is 9.31. The minimum absolute atomic E-state index is 0.988. The number of fused-ring (bicyclic) bond motifs is 1. The standard InChI is InChI=1S/C47H35N3S/c1-5-13-39(14-6-1)49(40-15-7-2-8-16-40)43-29-23-36(24-30-43)21-22-38-27-33-45-46(35-38)51-47(48-45)34-28-37-25-31-44(32-26-37)50(41-17-9-3-10-18-41)42-19-11-4-12-20-42/h1-35H/b22-21+,34-28+. The molecular weight excluding hydrogens is 639 g/mol. The summed E-state index contributed by atoms with van der Waals surface area (Å²) < 4.78 is 1.17. The van der Waals surface area contributed by atoms with Gasteiger partial charge in [-0.3, -0.25) is 0 Å². The van der Waals surface area contributed by atoms with Crippen molar-refractivity contribution in [3.8, 4) is 0 Å². The number of nitrogens with zero attached hydrogens (tertiary/aromatic N) is 3. The molecule has 0 bridgehead atoms. The number of para-hydroxylation sites is 4. The molecule has 0 aliphatic carbocycles. The van der Waals surface area contributed by atoms with E-state index in [9.17, 15) is 0 Å². The van der Waals surface area contributed by atoms with Crippen molar-refractivity contribution in [3.63, 3.8) is 0 Å². The van der Waals surface area contributed by atoms with Crippen molar-refractivity contribution in [1.29, 1.82) is 0 Å². The van der Waals surface area contributed by atoms with Crippen LogP contribution in [-0.2, 0) is 0 Å². The maximum Gasteiger partial charge on any atom is 0.117 e. The van der Waals surface area contributed by atoms with Crippen LogP contribution < -0.4 is 9.80 Å². The highest BCUT2D eigenvalue weighted by Gasteiger charge is 2.13. The van der Waals surface area contributed by atoms with E-state index in [0.717, 1.165) is 61.3 Å². The SMILES string of the molecule is C(=C\c1ccc2nc(/C=C/c3ccc(N(c4ccccc4)c4ccccc4)cc3)sc2c1)/c1ccc(N(c2ccccc2)c2ccccc2)cc1. The van der Waals surface area contributed by atoms with Crippen molar-refractivity contribution >= 4 is 80.0 Å². The van der Waals surface area contributed by atoms with Crippen LogP contribution in [0, 0.1) is 0 Å². The van der Waals surface area contributed by atoms with Crippen molar-refractivity contribution in [1.82, 2.24) is 4.98 Å². The summed E-state index contributed by atoms with van der Waals surface area (Å²) in [7, 11) is 0. The molecule has 1 heterocycles. The molecule has 4 heteroatoms. The van der Waals surface area contributed by atoms with E-state index < -0.39 is 0 Å². The maximum absolute atomic E-state index is 4.88. The van der Waals surface area contributed by atoms with Gasteiger partial charge in [0.1, 0.15) is 5.01 Å². The molecule has 0 saturated carbocycles. The fourth-order valence-electron chi connectivity index (χ4n) is 6.17. The highest BCUT2D eigenvalue weighted by Crippen LogP contribution is 2.36. The molecular formula is C47H35N3S. The largest absolute Gasteiger partial charge is 0.311 e. The Morgan fingerprint density at radius 1 is 0.353 bits per heavy atom. The number of benzene rings is 7. The molecule has 0 N–H and O–H groups in total. The molecule has 0 spiro atoms. The van der Waals surface area contributed by atoms with Crippen LogP contribution in [0.1, 0.15) is 21.7 Å². The Morgan fingerprint density at radius 3 is 1.14 bits per heavy atom. The van der Waals surface area contributed by atoms with Crippen LogP contribution in [0.25, 0.3) is 34.5 Å². The summed E-state index contributed by atoms with van der Waals surface area (Å²) in [4.78, 5) is 9.43. The average Bonchev–Trinajstić information content (AvgIpc) is 3.62. The van der Waals surface area contributed by atoms with Crippen LogP contribution in [0.5, 0.6) is 0 Å². The minimum atomic E-state index is 0.988. The predicted molar refractivity (Wildman–Crippen MR) is 220 cm³/mol. The molecule has 0 fully saturated rings. The lowest BCUT2D eigenvalue weighted by Crippen LogP contribution is -2.09. The number of hydrogen-bond donors (Lipinski definition) is 0. The number of hydrogen-bond acceptors (Lipinski definition) is 4. The van der Waals surface area contributed by atoms with Gasteiger partial charge in [0.2, 0.25) is 0 Å². The molecule has 0 aliphatic heterocycles. The van der Waals surface area contributed by atoms with Gasteiger partial charge in [0.05, 0.1) is 10.2 Å². The van der Waals surface area contributed by atoms with Gasteiger partial charge in [-0.2, -0.15) is 0 Å². The molecule has 0 unspecified atom stereocenters. The summed E-state index contributed by atoms with van der Waals surface area (Å²) in [5, 5.41) is 0.988. The smallest absolute Gasteiger partial charge is 0.117 e. The summed E-state index contributed by atoms with van der Waals surface area (Å²) in [6.45, 7) is 0. The van der Waals surface area contributed by atoms with E-state index in [0.29, 0.717) is 0 Å². The molecule has 3 nitrogen and oxygen atoms in total. The van der Waals surface area contributed by atoms with Crippen LogP contribution >= 0.6 is 11.3 Å². The van der Waals surface area contributed by atoms with Crippen molar-refractivity contribution in [2.45, 2.75) is 0 Å². The van der Waals surface area contributed by atoms with Crippen LogP contribution in [0.4, 0.5) is 34.1 Å². The van der Waals surface area contributed by atoms with Gasteiger partial charge in [-0.05, 0) is 108 Å². The molecule has 1 aromatic heterocycles. The lowest BCUT2D eigenvalue weighted by Gasteiger charge is -2.25. The third-order valence-corrected chi connectivity index (χ3v) is 9.66. The monoisotopic (exact) mass is 673 g/mol. The lowest BCUT2D eigenvalue weighted by atomic mass is 10.1. The number of rotatable bonds is 10. The van der Waals surface area contributed by atoms with E-state index in [4.69, 9.17) is 4.98 Å². The zero-order valence-electron chi connectivity index (χ0n) is 28.0. The fourth-order valence-corrected chi connectivity index (χ4v) is 7.08. The average molecular weight is 674 g/mol. The Bertz CT molecular complexity index is 2170. The molecule has 7 aromatic carbocycles. The van der Waals surface area contributed by atoms with E-state index in [1.54, 1.807) is 11.3 Å². The second-order valence-corrected chi connectivity index (χ2v) is 13.2. The predicted octanol–water partition coefficient (Wildman–Crippen LogP) is 13.6. The topological polar surface area (TPSA) is 19.4 Å². The molecule has 0 radical (unpaired) electrons. The Labute approximate surface area is 303 Å². The maximum atomic E-state index is 4.88. The van der Waals surface area contributed by atoms with E-state index in [1.165, 1.54) is 4.70 Å².